The van der Waals surface area contributed by atoms with Crippen molar-refractivity contribution < 1.29 is 0 Å². The zero-order valence-electron chi connectivity index (χ0n) is 34.2. The van der Waals surface area contributed by atoms with E-state index in [1.807, 2.05) is 36.4 Å². The second-order valence-electron chi connectivity index (χ2n) is 16.2. The number of para-hydroxylation sites is 1. The first-order chi connectivity index (χ1) is 31.2. The topological polar surface area (TPSA) is 41.6 Å². The summed E-state index contributed by atoms with van der Waals surface area (Å²) in [5.74, 6) is 0.831. The SMILES string of the molecule is N#Cc1ccc2c(c1)nc(-c1cccc(-c3ccc(-c4cc(-c5ccccc5)c5ccc6c(-c7ccccc7)cc(-c7ccccc7)c7ccc4c5c67)cc3)c1)n2-c1ccccc1. The minimum Gasteiger partial charge on any atom is -0.292 e. The van der Waals surface area contributed by atoms with Gasteiger partial charge in [0.1, 0.15) is 5.82 Å². The summed E-state index contributed by atoms with van der Waals surface area (Å²) >= 11 is 0. The standard InChI is InChI=1S/C60H37N3/c61-38-39-24-33-57-56(34-39)62-60(63(57)47-22-11-4-12-23-47)46-21-13-20-45(35-46)40-25-27-44(28-26-40)55-37-54(43-18-9-3-10-19-43)50-30-29-48-52(41-14-5-1-6-15-41)36-53(42-16-7-2-8-17-42)49-31-32-51(55)59(50)58(48)49/h1-37H. The molecule has 1 heterocycles. The molecule has 0 fully saturated rings. The van der Waals surface area contributed by atoms with Crippen LogP contribution in [0, 0.1) is 11.3 Å². The molecule has 0 bridgehead atoms. The fourth-order valence-electron chi connectivity index (χ4n) is 9.66. The zero-order chi connectivity index (χ0) is 41.9. The molecule has 0 N–H and O–H groups in total. The van der Waals surface area contributed by atoms with Crippen LogP contribution < -0.4 is 0 Å². The van der Waals surface area contributed by atoms with Crippen LogP contribution in [0.5, 0.6) is 0 Å². The van der Waals surface area contributed by atoms with Crippen molar-refractivity contribution in [2.75, 3.05) is 0 Å². The van der Waals surface area contributed by atoms with Gasteiger partial charge in [0.15, 0.2) is 0 Å². The van der Waals surface area contributed by atoms with E-state index in [4.69, 9.17) is 4.98 Å². The van der Waals surface area contributed by atoms with Crippen molar-refractivity contribution in [3.8, 4) is 78.8 Å². The molecule has 12 aromatic rings. The molecule has 292 valence electrons. The van der Waals surface area contributed by atoms with Crippen LogP contribution in [0.15, 0.2) is 224 Å². The minimum atomic E-state index is 0.593. The summed E-state index contributed by atoms with van der Waals surface area (Å²) in [5.41, 5.74) is 16.3. The Balaban J connectivity index is 1.04. The highest BCUT2D eigenvalue weighted by Crippen LogP contribution is 2.48. The molecule has 63 heavy (non-hydrogen) atoms. The van der Waals surface area contributed by atoms with Crippen LogP contribution in [0.3, 0.4) is 0 Å². The second-order valence-corrected chi connectivity index (χ2v) is 16.2. The van der Waals surface area contributed by atoms with Gasteiger partial charge in [-0.25, -0.2) is 4.98 Å². The highest BCUT2D eigenvalue weighted by molar-refractivity contribution is 6.32. The molecule has 0 aliphatic carbocycles. The lowest BCUT2D eigenvalue weighted by Crippen LogP contribution is -1.97. The van der Waals surface area contributed by atoms with Crippen LogP contribution in [-0.2, 0) is 0 Å². The van der Waals surface area contributed by atoms with Gasteiger partial charge in [-0.1, -0.05) is 176 Å². The van der Waals surface area contributed by atoms with Crippen LogP contribution in [0.2, 0.25) is 0 Å². The van der Waals surface area contributed by atoms with Gasteiger partial charge in [-0.3, -0.25) is 4.57 Å². The van der Waals surface area contributed by atoms with Crippen molar-refractivity contribution in [1.82, 2.24) is 9.55 Å². The van der Waals surface area contributed by atoms with Gasteiger partial charge < -0.3 is 0 Å². The maximum Gasteiger partial charge on any atom is 0.145 e. The van der Waals surface area contributed by atoms with Gasteiger partial charge in [0, 0.05) is 11.3 Å². The molecule has 0 saturated carbocycles. The number of rotatable bonds is 7. The van der Waals surface area contributed by atoms with E-state index in [-0.39, 0.29) is 0 Å². The normalized spacial score (nSPS) is 11.5. The quantitative estimate of drug-likeness (QED) is 0.151. The van der Waals surface area contributed by atoms with Crippen LogP contribution in [0.4, 0.5) is 0 Å². The molecular weight excluding hydrogens is 763 g/mol. The molecule has 12 rings (SSSR count). The van der Waals surface area contributed by atoms with Crippen molar-refractivity contribution in [2.24, 2.45) is 0 Å². The van der Waals surface area contributed by atoms with E-state index < -0.39 is 0 Å². The molecule has 0 aliphatic heterocycles. The highest BCUT2D eigenvalue weighted by atomic mass is 15.1. The van der Waals surface area contributed by atoms with E-state index >= 15 is 0 Å². The van der Waals surface area contributed by atoms with Crippen LogP contribution >= 0.6 is 0 Å². The summed E-state index contributed by atoms with van der Waals surface area (Å²) in [7, 11) is 0. The molecule has 3 heteroatoms. The summed E-state index contributed by atoms with van der Waals surface area (Å²) in [5, 5.41) is 17.2. The van der Waals surface area contributed by atoms with Gasteiger partial charge in [-0.2, -0.15) is 5.26 Å². The first kappa shape index (κ1) is 36.3. The molecule has 0 atom stereocenters. The van der Waals surface area contributed by atoms with E-state index in [9.17, 15) is 5.26 Å². The lowest BCUT2D eigenvalue weighted by molar-refractivity contribution is 1.10. The third kappa shape index (κ3) is 6.08. The molecule has 11 aromatic carbocycles. The van der Waals surface area contributed by atoms with E-state index in [1.54, 1.807) is 0 Å². The second kappa shape index (κ2) is 14.9. The van der Waals surface area contributed by atoms with Gasteiger partial charge in [0.25, 0.3) is 0 Å². The average molecular weight is 800 g/mol. The maximum absolute atomic E-state index is 9.66. The monoisotopic (exact) mass is 799 g/mol. The number of hydrogen-bond donors (Lipinski definition) is 0. The average Bonchev–Trinajstić information content (AvgIpc) is 3.75. The molecule has 0 saturated heterocycles. The number of aromatic nitrogens is 2. The summed E-state index contributed by atoms with van der Waals surface area (Å²) in [6.45, 7) is 0. The molecule has 0 unspecified atom stereocenters. The molecule has 0 amide bonds. The smallest absolute Gasteiger partial charge is 0.145 e. The maximum atomic E-state index is 9.66. The Kier molecular flexibility index (Phi) is 8.55. The number of fused-ring (bicyclic) bond motifs is 1. The molecular formula is C60H37N3. The predicted octanol–water partition coefficient (Wildman–Crippen LogP) is 15.8. The van der Waals surface area contributed by atoms with Crippen molar-refractivity contribution in [3.05, 3.63) is 230 Å². The molecule has 0 radical (unpaired) electrons. The van der Waals surface area contributed by atoms with Crippen LogP contribution in [0.1, 0.15) is 5.56 Å². The van der Waals surface area contributed by atoms with E-state index in [2.05, 4.69) is 199 Å². The number of nitriles is 1. The number of imidazole rings is 1. The minimum absolute atomic E-state index is 0.593. The molecule has 0 spiro atoms. The Morgan fingerprint density at radius 2 is 0.778 bits per heavy atom. The third-order valence-corrected chi connectivity index (χ3v) is 12.6. The Bertz CT molecular complexity index is 3640. The van der Waals surface area contributed by atoms with Gasteiger partial charge in [0.2, 0.25) is 0 Å². The fourth-order valence-corrected chi connectivity index (χ4v) is 9.66. The lowest BCUT2D eigenvalue weighted by atomic mass is 9.82. The summed E-state index contributed by atoms with van der Waals surface area (Å²) in [6, 6.07) is 82.5. The first-order valence-corrected chi connectivity index (χ1v) is 21.3. The van der Waals surface area contributed by atoms with Crippen molar-refractivity contribution in [1.29, 1.82) is 5.26 Å². The van der Waals surface area contributed by atoms with Crippen molar-refractivity contribution in [3.63, 3.8) is 0 Å². The Hall–Kier alpha value is -8.58. The zero-order valence-corrected chi connectivity index (χ0v) is 34.2. The van der Waals surface area contributed by atoms with Crippen molar-refractivity contribution in [2.45, 2.75) is 0 Å². The first-order valence-electron chi connectivity index (χ1n) is 21.3. The predicted molar refractivity (Wildman–Crippen MR) is 262 cm³/mol. The molecule has 0 aliphatic rings. The third-order valence-electron chi connectivity index (χ3n) is 12.6. The number of hydrogen-bond acceptors (Lipinski definition) is 2. The Morgan fingerprint density at radius 1 is 0.349 bits per heavy atom. The van der Waals surface area contributed by atoms with Gasteiger partial charge in [-0.15, -0.1) is 0 Å². The Morgan fingerprint density at radius 3 is 1.27 bits per heavy atom. The number of nitrogens with zero attached hydrogens (tertiary/aromatic N) is 3. The summed E-state index contributed by atoms with van der Waals surface area (Å²) < 4.78 is 2.18. The Labute approximate surface area is 365 Å². The van der Waals surface area contributed by atoms with Gasteiger partial charge >= 0.3 is 0 Å². The van der Waals surface area contributed by atoms with Gasteiger partial charge in [-0.05, 0) is 136 Å². The van der Waals surface area contributed by atoms with E-state index in [1.165, 1.54) is 71.3 Å². The molecule has 1 aromatic heterocycles. The summed E-state index contributed by atoms with van der Waals surface area (Å²) in [6.07, 6.45) is 0. The fraction of sp³-hybridized carbons (Fsp3) is 0. The molecule has 3 nitrogen and oxygen atoms in total. The van der Waals surface area contributed by atoms with Crippen LogP contribution in [-0.4, -0.2) is 9.55 Å². The lowest BCUT2D eigenvalue weighted by Gasteiger charge is -2.21. The number of benzene rings is 11. The van der Waals surface area contributed by atoms with Crippen molar-refractivity contribution >= 4 is 43.4 Å². The van der Waals surface area contributed by atoms with E-state index in [0.29, 0.717) is 5.56 Å². The van der Waals surface area contributed by atoms with Gasteiger partial charge in [0.05, 0.1) is 22.7 Å². The van der Waals surface area contributed by atoms with Crippen LogP contribution in [0.25, 0.3) is 116 Å². The summed E-state index contributed by atoms with van der Waals surface area (Å²) in [4.78, 5) is 5.11. The highest BCUT2D eigenvalue weighted by Gasteiger charge is 2.21. The van der Waals surface area contributed by atoms with E-state index in [0.717, 1.165) is 44.8 Å². The largest absolute Gasteiger partial charge is 0.292 e.